The van der Waals surface area contributed by atoms with Crippen molar-refractivity contribution in [2.75, 3.05) is 0 Å². The summed E-state index contributed by atoms with van der Waals surface area (Å²) in [5.74, 6) is 3.65. The first-order valence-electron chi connectivity index (χ1n) is 6.89. The SMILES string of the molecule is CC1=CCC(C)C(C2CC(C)=CCC2C)C1. The van der Waals surface area contributed by atoms with Gasteiger partial charge in [-0.25, -0.2) is 0 Å². The Hall–Kier alpha value is -0.520. The van der Waals surface area contributed by atoms with Crippen LogP contribution in [0.4, 0.5) is 0 Å². The molecule has 2 aliphatic rings. The molecule has 0 bridgehead atoms. The molecule has 0 aromatic carbocycles. The van der Waals surface area contributed by atoms with E-state index in [4.69, 9.17) is 0 Å². The molecule has 0 fully saturated rings. The van der Waals surface area contributed by atoms with Crippen molar-refractivity contribution in [1.29, 1.82) is 0 Å². The summed E-state index contributed by atoms with van der Waals surface area (Å²) in [5, 5.41) is 0. The van der Waals surface area contributed by atoms with E-state index >= 15 is 0 Å². The molecule has 0 heterocycles. The predicted octanol–water partition coefficient (Wildman–Crippen LogP) is 4.97. The van der Waals surface area contributed by atoms with Gasteiger partial charge in [-0.05, 0) is 63.2 Å². The van der Waals surface area contributed by atoms with Crippen LogP contribution in [0.1, 0.15) is 53.4 Å². The van der Waals surface area contributed by atoms with Crippen LogP contribution in [0.25, 0.3) is 0 Å². The van der Waals surface area contributed by atoms with Gasteiger partial charge in [-0.3, -0.25) is 0 Å². The van der Waals surface area contributed by atoms with E-state index in [1.807, 2.05) is 0 Å². The fraction of sp³-hybridized carbons (Fsp3) is 0.750. The van der Waals surface area contributed by atoms with Crippen LogP contribution < -0.4 is 0 Å². The fourth-order valence-electron chi connectivity index (χ4n) is 3.58. The Labute approximate surface area is 101 Å². The van der Waals surface area contributed by atoms with Crippen LogP contribution in [0.3, 0.4) is 0 Å². The smallest absolute Gasteiger partial charge is 0.0289 e. The first-order chi connectivity index (χ1) is 7.58. The molecule has 16 heavy (non-hydrogen) atoms. The Morgan fingerprint density at radius 1 is 0.812 bits per heavy atom. The molecule has 2 rings (SSSR count). The predicted molar refractivity (Wildman–Crippen MR) is 71.3 cm³/mol. The Balaban J connectivity index is 2.12. The van der Waals surface area contributed by atoms with Gasteiger partial charge in [0.1, 0.15) is 0 Å². The standard InChI is InChI=1S/C16H26/c1-11-5-7-13(3)15(9-11)16-10-12(2)6-8-14(16)4/h5-6,13-16H,7-10H2,1-4H3. The Bertz CT molecular complexity index is 276. The van der Waals surface area contributed by atoms with E-state index in [-0.39, 0.29) is 0 Å². The zero-order valence-electron chi connectivity index (χ0n) is 11.3. The molecule has 2 aliphatic carbocycles. The molecule has 0 spiro atoms. The van der Waals surface area contributed by atoms with E-state index in [1.165, 1.54) is 25.7 Å². The monoisotopic (exact) mass is 218 g/mol. The Morgan fingerprint density at radius 3 is 1.56 bits per heavy atom. The summed E-state index contributed by atoms with van der Waals surface area (Å²) < 4.78 is 0. The van der Waals surface area contributed by atoms with E-state index in [2.05, 4.69) is 39.8 Å². The second-order valence-electron chi connectivity index (χ2n) is 6.26. The van der Waals surface area contributed by atoms with Gasteiger partial charge in [0.05, 0.1) is 0 Å². The van der Waals surface area contributed by atoms with Gasteiger partial charge in [0, 0.05) is 0 Å². The third-order valence-corrected chi connectivity index (χ3v) is 4.80. The quantitative estimate of drug-likeness (QED) is 0.545. The van der Waals surface area contributed by atoms with Gasteiger partial charge >= 0.3 is 0 Å². The van der Waals surface area contributed by atoms with Crippen molar-refractivity contribution in [1.82, 2.24) is 0 Å². The van der Waals surface area contributed by atoms with Crippen LogP contribution in [0.5, 0.6) is 0 Å². The summed E-state index contributed by atoms with van der Waals surface area (Å²) in [5.41, 5.74) is 3.25. The number of hydrogen-bond donors (Lipinski definition) is 0. The zero-order chi connectivity index (χ0) is 11.7. The van der Waals surface area contributed by atoms with Crippen LogP contribution in [0.15, 0.2) is 23.3 Å². The van der Waals surface area contributed by atoms with Crippen molar-refractivity contribution in [3.05, 3.63) is 23.3 Å². The van der Waals surface area contributed by atoms with E-state index in [0.29, 0.717) is 0 Å². The van der Waals surface area contributed by atoms with Crippen LogP contribution >= 0.6 is 0 Å². The summed E-state index contributed by atoms with van der Waals surface area (Å²) in [6, 6.07) is 0. The minimum atomic E-state index is 0.891. The number of allylic oxidation sites excluding steroid dienone is 4. The molecule has 0 aliphatic heterocycles. The Kier molecular flexibility index (Phi) is 3.56. The molecule has 0 aromatic heterocycles. The van der Waals surface area contributed by atoms with Crippen molar-refractivity contribution < 1.29 is 0 Å². The molecule has 0 N–H and O–H groups in total. The van der Waals surface area contributed by atoms with Crippen molar-refractivity contribution in [3.8, 4) is 0 Å². The minimum Gasteiger partial charge on any atom is -0.0853 e. The molecule has 0 radical (unpaired) electrons. The molecule has 0 aromatic rings. The maximum Gasteiger partial charge on any atom is -0.0289 e. The zero-order valence-corrected chi connectivity index (χ0v) is 11.3. The first-order valence-corrected chi connectivity index (χ1v) is 6.89. The van der Waals surface area contributed by atoms with Crippen molar-refractivity contribution in [2.45, 2.75) is 53.4 Å². The van der Waals surface area contributed by atoms with Crippen LogP contribution in [0.2, 0.25) is 0 Å². The van der Waals surface area contributed by atoms with Crippen LogP contribution in [-0.2, 0) is 0 Å². The highest BCUT2D eigenvalue weighted by atomic mass is 14.4. The first kappa shape index (κ1) is 12.0. The molecule has 4 unspecified atom stereocenters. The van der Waals surface area contributed by atoms with Crippen molar-refractivity contribution in [2.24, 2.45) is 23.7 Å². The second-order valence-corrected chi connectivity index (χ2v) is 6.26. The number of hydrogen-bond acceptors (Lipinski definition) is 0. The highest BCUT2D eigenvalue weighted by molar-refractivity contribution is 5.11. The summed E-state index contributed by atoms with van der Waals surface area (Å²) in [6.07, 6.45) is 10.2. The minimum absolute atomic E-state index is 0.891. The summed E-state index contributed by atoms with van der Waals surface area (Å²) in [4.78, 5) is 0. The van der Waals surface area contributed by atoms with Crippen LogP contribution in [0, 0.1) is 23.7 Å². The van der Waals surface area contributed by atoms with Gasteiger partial charge in [0.15, 0.2) is 0 Å². The summed E-state index contributed by atoms with van der Waals surface area (Å²) >= 11 is 0. The van der Waals surface area contributed by atoms with E-state index in [9.17, 15) is 0 Å². The molecular formula is C16H26. The molecule has 0 amide bonds. The highest BCUT2D eigenvalue weighted by Gasteiger charge is 2.33. The molecule has 90 valence electrons. The molecular weight excluding hydrogens is 192 g/mol. The lowest BCUT2D eigenvalue weighted by Gasteiger charge is -2.40. The largest absolute Gasteiger partial charge is 0.0853 e. The fourth-order valence-corrected chi connectivity index (χ4v) is 3.58. The van der Waals surface area contributed by atoms with E-state index < -0.39 is 0 Å². The topological polar surface area (TPSA) is 0 Å². The van der Waals surface area contributed by atoms with Gasteiger partial charge in [0.2, 0.25) is 0 Å². The highest BCUT2D eigenvalue weighted by Crippen LogP contribution is 2.43. The third kappa shape index (κ3) is 2.42. The molecule has 0 saturated heterocycles. The van der Waals surface area contributed by atoms with Gasteiger partial charge < -0.3 is 0 Å². The average Bonchev–Trinajstić information content (AvgIpc) is 2.25. The molecule has 0 nitrogen and oxygen atoms in total. The molecule has 0 saturated carbocycles. The van der Waals surface area contributed by atoms with Crippen molar-refractivity contribution in [3.63, 3.8) is 0 Å². The Morgan fingerprint density at radius 2 is 1.19 bits per heavy atom. The summed E-state index contributed by atoms with van der Waals surface area (Å²) in [7, 11) is 0. The second kappa shape index (κ2) is 4.77. The van der Waals surface area contributed by atoms with Gasteiger partial charge in [-0.2, -0.15) is 0 Å². The lowest BCUT2D eigenvalue weighted by Crippen LogP contribution is -2.30. The summed E-state index contributed by atoms with van der Waals surface area (Å²) in [6.45, 7) is 9.53. The van der Waals surface area contributed by atoms with Gasteiger partial charge in [0.25, 0.3) is 0 Å². The maximum atomic E-state index is 2.46. The normalized spacial score (nSPS) is 40.2. The van der Waals surface area contributed by atoms with E-state index in [0.717, 1.165) is 23.7 Å². The lowest BCUT2D eigenvalue weighted by molar-refractivity contribution is 0.162. The molecule has 0 heteroatoms. The lowest BCUT2D eigenvalue weighted by atomic mass is 9.65. The van der Waals surface area contributed by atoms with Crippen molar-refractivity contribution >= 4 is 0 Å². The molecule has 4 atom stereocenters. The maximum absolute atomic E-state index is 2.46. The average molecular weight is 218 g/mol. The van der Waals surface area contributed by atoms with Gasteiger partial charge in [-0.15, -0.1) is 0 Å². The number of rotatable bonds is 1. The van der Waals surface area contributed by atoms with E-state index in [1.54, 1.807) is 11.1 Å². The van der Waals surface area contributed by atoms with Gasteiger partial charge in [-0.1, -0.05) is 37.1 Å². The third-order valence-electron chi connectivity index (χ3n) is 4.80. The van der Waals surface area contributed by atoms with Crippen LogP contribution in [-0.4, -0.2) is 0 Å².